The minimum atomic E-state index is -0.246. The van der Waals surface area contributed by atoms with Crippen molar-refractivity contribution in [3.8, 4) is 17.1 Å². The normalized spacial score (nSPS) is 11.8. The molecule has 0 saturated carbocycles. The van der Waals surface area contributed by atoms with Gasteiger partial charge in [0.2, 0.25) is 0 Å². The Hall–Kier alpha value is -3.08. The topological polar surface area (TPSA) is 64.4 Å². The molecule has 134 valence electrons. The minimum Gasteiger partial charge on any atom is -0.496 e. The van der Waals surface area contributed by atoms with E-state index >= 15 is 0 Å². The number of rotatable bonds is 7. The molecule has 0 aliphatic carbocycles. The minimum absolute atomic E-state index is 0.246. The predicted octanol–water partition coefficient (Wildman–Crippen LogP) is 4.27. The average Bonchev–Trinajstić information content (AvgIpc) is 3.19. The van der Waals surface area contributed by atoms with Gasteiger partial charge in [0.25, 0.3) is 5.91 Å². The zero-order valence-corrected chi connectivity index (χ0v) is 14.9. The van der Waals surface area contributed by atoms with Crippen LogP contribution in [0.2, 0.25) is 0 Å². The third-order valence-corrected chi connectivity index (χ3v) is 4.39. The molecule has 0 fully saturated rings. The summed E-state index contributed by atoms with van der Waals surface area (Å²) in [6.07, 6.45) is 0.940. The molecule has 1 N–H and O–H groups in total. The van der Waals surface area contributed by atoms with Crippen LogP contribution in [-0.4, -0.2) is 24.7 Å². The number of benzene rings is 2. The number of nitrogens with one attached hydrogen (secondary N) is 1. The summed E-state index contributed by atoms with van der Waals surface area (Å²) in [4.78, 5) is 12.4. The van der Waals surface area contributed by atoms with E-state index in [0.29, 0.717) is 18.1 Å². The predicted molar refractivity (Wildman–Crippen MR) is 100 cm³/mol. The van der Waals surface area contributed by atoms with E-state index in [-0.39, 0.29) is 17.5 Å². The fourth-order valence-electron chi connectivity index (χ4n) is 2.89. The van der Waals surface area contributed by atoms with Gasteiger partial charge in [0, 0.05) is 18.5 Å². The third kappa shape index (κ3) is 3.94. The Balaban J connectivity index is 1.68. The monoisotopic (exact) mass is 350 g/mol. The highest BCUT2D eigenvalue weighted by atomic mass is 16.5. The van der Waals surface area contributed by atoms with E-state index in [0.717, 1.165) is 12.0 Å². The first-order valence-electron chi connectivity index (χ1n) is 8.66. The van der Waals surface area contributed by atoms with Crippen LogP contribution in [0.5, 0.6) is 5.75 Å². The van der Waals surface area contributed by atoms with Crippen molar-refractivity contribution in [2.24, 2.45) is 0 Å². The van der Waals surface area contributed by atoms with E-state index in [4.69, 9.17) is 9.26 Å². The maximum Gasteiger partial charge on any atom is 0.273 e. The van der Waals surface area contributed by atoms with E-state index < -0.39 is 0 Å². The molecule has 2 aromatic carbocycles. The number of aromatic nitrogens is 1. The van der Waals surface area contributed by atoms with E-state index in [9.17, 15) is 4.79 Å². The Morgan fingerprint density at radius 3 is 2.62 bits per heavy atom. The molecular weight excluding hydrogens is 328 g/mol. The van der Waals surface area contributed by atoms with Gasteiger partial charge in [0.1, 0.15) is 5.75 Å². The lowest BCUT2D eigenvalue weighted by Crippen LogP contribution is -2.28. The highest BCUT2D eigenvalue weighted by Crippen LogP contribution is 2.30. The molecule has 1 heterocycles. The number of nitrogens with zero attached hydrogens (tertiary/aromatic N) is 1. The molecule has 1 amide bonds. The van der Waals surface area contributed by atoms with E-state index in [1.165, 1.54) is 5.56 Å². The maximum absolute atomic E-state index is 12.4. The van der Waals surface area contributed by atoms with Gasteiger partial charge < -0.3 is 14.6 Å². The Bertz CT molecular complexity index is 858. The van der Waals surface area contributed by atoms with Crippen LogP contribution < -0.4 is 10.1 Å². The van der Waals surface area contributed by atoms with Crippen molar-refractivity contribution in [2.45, 2.75) is 19.3 Å². The van der Waals surface area contributed by atoms with Crippen molar-refractivity contribution in [2.75, 3.05) is 13.7 Å². The standard InChI is InChI=1S/C21H22N2O3/c1-3-15(16-9-5-4-6-10-16)14-22-21(24)18-13-20(26-23-18)17-11-7-8-12-19(17)25-2/h4-13,15H,3,14H2,1-2H3,(H,22,24). The van der Waals surface area contributed by atoms with E-state index in [1.807, 2.05) is 42.5 Å². The van der Waals surface area contributed by atoms with E-state index in [1.54, 1.807) is 13.2 Å². The molecule has 5 nitrogen and oxygen atoms in total. The summed E-state index contributed by atoms with van der Waals surface area (Å²) < 4.78 is 10.7. The van der Waals surface area contributed by atoms with Crippen molar-refractivity contribution in [1.82, 2.24) is 10.5 Å². The first-order chi connectivity index (χ1) is 12.7. The van der Waals surface area contributed by atoms with Crippen LogP contribution in [-0.2, 0) is 0 Å². The Morgan fingerprint density at radius 2 is 1.88 bits per heavy atom. The smallest absolute Gasteiger partial charge is 0.273 e. The molecule has 0 saturated heterocycles. The zero-order valence-electron chi connectivity index (χ0n) is 14.9. The molecular formula is C21H22N2O3. The van der Waals surface area contributed by atoms with Gasteiger partial charge >= 0.3 is 0 Å². The Kier molecular flexibility index (Phi) is 5.69. The molecule has 5 heteroatoms. The van der Waals surface area contributed by atoms with Crippen molar-refractivity contribution in [3.63, 3.8) is 0 Å². The molecule has 0 bridgehead atoms. The number of hydrogen-bond acceptors (Lipinski definition) is 4. The number of hydrogen-bond donors (Lipinski definition) is 1. The van der Waals surface area contributed by atoms with Crippen LogP contribution in [0, 0.1) is 0 Å². The number of carbonyl (C=O) groups is 1. The SMILES string of the molecule is CCC(CNC(=O)c1cc(-c2ccccc2OC)on1)c1ccccc1. The maximum atomic E-state index is 12.4. The second-order valence-corrected chi connectivity index (χ2v) is 6.00. The summed E-state index contributed by atoms with van der Waals surface area (Å²) in [6.45, 7) is 2.66. The molecule has 0 radical (unpaired) electrons. The van der Waals surface area contributed by atoms with Gasteiger partial charge in [-0.2, -0.15) is 0 Å². The molecule has 0 aliphatic heterocycles. The lowest BCUT2D eigenvalue weighted by atomic mass is 9.96. The summed E-state index contributed by atoms with van der Waals surface area (Å²) in [7, 11) is 1.59. The Labute approximate surface area is 153 Å². The van der Waals surface area contributed by atoms with Crippen LogP contribution in [0.3, 0.4) is 0 Å². The highest BCUT2D eigenvalue weighted by Gasteiger charge is 2.17. The fourth-order valence-corrected chi connectivity index (χ4v) is 2.89. The molecule has 1 unspecified atom stereocenters. The van der Waals surface area contributed by atoms with Gasteiger partial charge in [-0.3, -0.25) is 4.79 Å². The van der Waals surface area contributed by atoms with E-state index in [2.05, 4.69) is 29.5 Å². The largest absolute Gasteiger partial charge is 0.496 e. The number of amides is 1. The van der Waals surface area contributed by atoms with Crippen molar-refractivity contribution < 1.29 is 14.1 Å². The van der Waals surface area contributed by atoms with Crippen LogP contribution in [0.25, 0.3) is 11.3 Å². The zero-order chi connectivity index (χ0) is 18.4. The second-order valence-electron chi connectivity index (χ2n) is 6.00. The molecule has 3 rings (SSSR count). The van der Waals surface area contributed by atoms with Crippen LogP contribution in [0.1, 0.15) is 35.3 Å². The number of para-hydroxylation sites is 1. The number of carbonyl (C=O) groups excluding carboxylic acids is 1. The van der Waals surface area contributed by atoms with Crippen LogP contribution in [0.4, 0.5) is 0 Å². The quantitative estimate of drug-likeness (QED) is 0.691. The van der Waals surface area contributed by atoms with Gasteiger partial charge in [-0.25, -0.2) is 0 Å². The van der Waals surface area contributed by atoms with Crippen molar-refractivity contribution in [3.05, 3.63) is 71.9 Å². The van der Waals surface area contributed by atoms with Gasteiger partial charge in [0.05, 0.1) is 12.7 Å². The van der Waals surface area contributed by atoms with Crippen molar-refractivity contribution >= 4 is 5.91 Å². The number of methoxy groups -OCH3 is 1. The molecule has 0 aliphatic rings. The first kappa shape index (κ1) is 17.7. The third-order valence-electron chi connectivity index (χ3n) is 4.39. The Morgan fingerprint density at radius 1 is 1.15 bits per heavy atom. The molecule has 0 spiro atoms. The van der Waals surface area contributed by atoms with Gasteiger partial charge in [-0.05, 0) is 24.1 Å². The summed E-state index contributed by atoms with van der Waals surface area (Å²) in [5.74, 6) is 1.19. The highest BCUT2D eigenvalue weighted by molar-refractivity contribution is 5.93. The summed E-state index contributed by atoms with van der Waals surface area (Å²) >= 11 is 0. The lowest BCUT2D eigenvalue weighted by Gasteiger charge is -2.15. The summed E-state index contributed by atoms with van der Waals surface area (Å²) in [5, 5.41) is 6.85. The average molecular weight is 350 g/mol. The van der Waals surface area contributed by atoms with Gasteiger partial charge in [-0.15, -0.1) is 0 Å². The number of ether oxygens (including phenoxy) is 1. The van der Waals surface area contributed by atoms with Crippen LogP contribution >= 0.6 is 0 Å². The molecule has 1 atom stereocenters. The molecule has 3 aromatic rings. The fraction of sp³-hybridized carbons (Fsp3) is 0.238. The first-order valence-corrected chi connectivity index (χ1v) is 8.66. The van der Waals surface area contributed by atoms with Crippen molar-refractivity contribution in [1.29, 1.82) is 0 Å². The van der Waals surface area contributed by atoms with Gasteiger partial charge in [-0.1, -0.05) is 54.5 Å². The molecule has 1 aromatic heterocycles. The summed E-state index contributed by atoms with van der Waals surface area (Å²) in [6, 6.07) is 19.3. The van der Waals surface area contributed by atoms with Crippen LogP contribution in [0.15, 0.2) is 65.2 Å². The van der Waals surface area contributed by atoms with Gasteiger partial charge in [0.15, 0.2) is 11.5 Å². The lowest BCUT2D eigenvalue weighted by molar-refractivity contribution is 0.0942. The molecule has 26 heavy (non-hydrogen) atoms. The second kappa shape index (κ2) is 8.34. The summed E-state index contributed by atoms with van der Waals surface area (Å²) in [5.41, 5.74) is 2.23.